The van der Waals surface area contributed by atoms with Crippen molar-refractivity contribution < 1.29 is 4.79 Å². The van der Waals surface area contributed by atoms with E-state index in [-0.39, 0.29) is 12.0 Å². The van der Waals surface area contributed by atoms with Gasteiger partial charge in [-0.15, -0.1) is 0 Å². The molecule has 0 saturated carbocycles. The molecule has 0 saturated heterocycles. The number of benzene rings is 1. The molecule has 1 aromatic rings. The molecule has 0 aliphatic heterocycles. The zero-order chi connectivity index (χ0) is 15.2. The number of primary amides is 1. The minimum atomic E-state index is -0.571. The molecule has 0 aromatic heterocycles. The van der Waals surface area contributed by atoms with Gasteiger partial charge in [-0.25, -0.2) is 0 Å². The highest BCUT2D eigenvalue weighted by Gasteiger charge is 2.18. The Morgan fingerprint density at radius 3 is 2.45 bits per heavy atom. The van der Waals surface area contributed by atoms with Crippen molar-refractivity contribution in [2.45, 2.75) is 32.2 Å². The van der Waals surface area contributed by atoms with Crippen molar-refractivity contribution in [3.8, 4) is 0 Å². The number of amides is 1. The van der Waals surface area contributed by atoms with Gasteiger partial charge in [0.1, 0.15) is 6.04 Å². The molecule has 3 N–H and O–H groups in total. The van der Waals surface area contributed by atoms with Crippen LogP contribution in [0.1, 0.15) is 37.9 Å². The van der Waals surface area contributed by atoms with E-state index in [1.165, 1.54) is 5.56 Å². The van der Waals surface area contributed by atoms with E-state index in [0.29, 0.717) is 6.54 Å². The Bertz CT molecular complexity index is 497. The first-order chi connectivity index (χ1) is 9.36. The minimum absolute atomic E-state index is 0.0652. The predicted octanol–water partition coefficient (Wildman–Crippen LogP) is 2.41. The average Bonchev–Trinajstić information content (AvgIpc) is 2.37. The summed E-state index contributed by atoms with van der Waals surface area (Å²) in [5, 5.41) is 6.40. The molecule has 0 radical (unpaired) electrons. The Hall–Kier alpha value is -2.04. The van der Waals surface area contributed by atoms with Gasteiger partial charge in [0.05, 0.1) is 0 Å². The van der Waals surface area contributed by atoms with Crippen LogP contribution in [0, 0.1) is 0 Å². The second-order valence-corrected chi connectivity index (χ2v) is 5.62. The molecule has 0 spiro atoms. The van der Waals surface area contributed by atoms with Gasteiger partial charge < -0.3 is 11.1 Å². The van der Waals surface area contributed by atoms with E-state index in [2.05, 4.69) is 36.1 Å². The summed E-state index contributed by atoms with van der Waals surface area (Å²) < 4.78 is 0. The molecule has 6 nitrogen and oxygen atoms in total. The highest BCUT2D eigenvalue weighted by atomic mass is 16.1. The molecule has 0 fully saturated rings. The first kappa shape index (κ1) is 16.0. The van der Waals surface area contributed by atoms with Crippen LogP contribution in [0.3, 0.4) is 0 Å². The van der Waals surface area contributed by atoms with Gasteiger partial charge in [0, 0.05) is 18.0 Å². The monoisotopic (exact) mass is 275 g/mol. The smallest absolute Gasteiger partial charge is 0.239 e. The topological polar surface area (TPSA) is 104 Å². The van der Waals surface area contributed by atoms with Gasteiger partial charge in [-0.05, 0) is 22.1 Å². The lowest BCUT2D eigenvalue weighted by atomic mass is 9.86. The van der Waals surface area contributed by atoms with Crippen LogP contribution in [0.5, 0.6) is 0 Å². The summed E-state index contributed by atoms with van der Waals surface area (Å²) in [6, 6.07) is 7.23. The molecular weight excluding hydrogens is 254 g/mol. The first-order valence-electron chi connectivity index (χ1n) is 6.50. The molecule has 0 heterocycles. The molecule has 0 aliphatic rings. The molecule has 1 amide bonds. The lowest BCUT2D eigenvalue weighted by Gasteiger charge is -2.21. The van der Waals surface area contributed by atoms with Crippen LogP contribution in [0.15, 0.2) is 29.4 Å². The zero-order valence-corrected chi connectivity index (χ0v) is 12.1. The summed E-state index contributed by atoms with van der Waals surface area (Å²) in [5.74, 6) is -0.450. The maximum absolute atomic E-state index is 11.5. The normalized spacial score (nSPS) is 12.6. The minimum Gasteiger partial charge on any atom is -0.368 e. The summed E-state index contributed by atoms with van der Waals surface area (Å²) in [5.41, 5.74) is 15.7. The van der Waals surface area contributed by atoms with E-state index in [1.807, 2.05) is 24.3 Å². The van der Waals surface area contributed by atoms with Gasteiger partial charge in [0.15, 0.2) is 0 Å². The average molecular weight is 275 g/mol. The van der Waals surface area contributed by atoms with Gasteiger partial charge in [-0.3, -0.25) is 4.79 Å². The van der Waals surface area contributed by atoms with E-state index >= 15 is 0 Å². The van der Waals surface area contributed by atoms with Gasteiger partial charge >= 0.3 is 0 Å². The third kappa shape index (κ3) is 4.57. The molecule has 108 valence electrons. The number of hydrogen-bond acceptors (Lipinski definition) is 3. The van der Waals surface area contributed by atoms with Gasteiger partial charge in [0.2, 0.25) is 5.91 Å². The van der Waals surface area contributed by atoms with Gasteiger partial charge in [-0.2, -0.15) is 0 Å². The quantitative estimate of drug-likeness (QED) is 0.360. The second kappa shape index (κ2) is 6.93. The van der Waals surface area contributed by atoms with E-state index in [0.717, 1.165) is 5.56 Å². The number of azide groups is 1. The molecular formula is C14H21N5O. The van der Waals surface area contributed by atoms with Crippen molar-refractivity contribution in [1.82, 2.24) is 5.32 Å². The van der Waals surface area contributed by atoms with Crippen LogP contribution in [0.4, 0.5) is 0 Å². The molecule has 1 aromatic carbocycles. The molecule has 0 aliphatic carbocycles. The fourth-order valence-electron chi connectivity index (χ4n) is 1.86. The van der Waals surface area contributed by atoms with E-state index in [1.54, 1.807) is 0 Å². The second-order valence-electron chi connectivity index (χ2n) is 5.62. The molecule has 20 heavy (non-hydrogen) atoms. The number of carbonyl (C=O) groups excluding carboxylic acids is 1. The van der Waals surface area contributed by atoms with E-state index < -0.39 is 11.9 Å². The van der Waals surface area contributed by atoms with Gasteiger partial charge in [0.25, 0.3) is 0 Å². The van der Waals surface area contributed by atoms with Crippen molar-refractivity contribution in [1.29, 1.82) is 0 Å². The largest absolute Gasteiger partial charge is 0.368 e. The fourth-order valence-corrected chi connectivity index (χ4v) is 1.86. The van der Waals surface area contributed by atoms with Gasteiger partial charge in [-0.1, -0.05) is 50.2 Å². The number of carbonyl (C=O) groups is 1. The van der Waals surface area contributed by atoms with Crippen molar-refractivity contribution in [2.75, 3.05) is 13.1 Å². The molecule has 1 rings (SSSR count). The van der Waals surface area contributed by atoms with Crippen molar-refractivity contribution in [2.24, 2.45) is 10.8 Å². The lowest BCUT2D eigenvalue weighted by Crippen LogP contribution is -2.35. The lowest BCUT2D eigenvalue weighted by molar-refractivity contribution is -0.120. The first-order valence-corrected chi connectivity index (χ1v) is 6.50. The maximum Gasteiger partial charge on any atom is 0.239 e. The molecule has 6 heteroatoms. The molecule has 1 unspecified atom stereocenters. The zero-order valence-electron chi connectivity index (χ0n) is 12.1. The summed E-state index contributed by atoms with van der Waals surface area (Å²) in [4.78, 5) is 14.2. The van der Waals surface area contributed by atoms with Crippen molar-refractivity contribution >= 4 is 5.91 Å². The van der Waals surface area contributed by atoms with E-state index in [4.69, 9.17) is 11.3 Å². The number of hydrogen-bond donors (Lipinski definition) is 2. The van der Waals surface area contributed by atoms with Crippen LogP contribution in [-0.2, 0) is 10.2 Å². The van der Waals surface area contributed by atoms with Crippen LogP contribution in [-0.4, -0.2) is 19.0 Å². The Morgan fingerprint density at radius 1 is 1.40 bits per heavy atom. The number of nitrogens with two attached hydrogens (primary N) is 1. The maximum atomic E-state index is 11.5. The van der Waals surface area contributed by atoms with Crippen LogP contribution in [0.25, 0.3) is 10.4 Å². The number of rotatable bonds is 6. The Balaban J connectivity index is 2.82. The SMILES string of the molecule is CC(C)(C)c1ccc(C(NCCN=[N+]=[N-])C(N)=O)cc1. The number of nitrogens with zero attached hydrogens (tertiary/aromatic N) is 3. The third-order valence-electron chi connectivity index (χ3n) is 3.02. The Morgan fingerprint density at radius 2 is 2.00 bits per heavy atom. The summed E-state index contributed by atoms with van der Waals surface area (Å²) >= 11 is 0. The third-order valence-corrected chi connectivity index (χ3v) is 3.02. The van der Waals surface area contributed by atoms with E-state index in [9.17, 15) is 4.79 Å². The highest BCUT2D eigenvalue weighted by Crippen LogP contribution is 2.23. The number of nitrogens with one attached hydrogen (secondary N) is 1. The highest BCUT2D eigenvalue weighted by molar-refractivity contribution is 5.81. The van der Waals surface area contributed by atoms with Crippen LogP contribution in [0.2, 0.25) is 0 Å². The molecule has 0 bridgehead atoms. The van der Waals surface area contributed by atoms with Crippen molar-refractivity contribution in [3.05, 3.63) is 45.8 Å². The molecule has 1 atom stereocenters. The summed E-state index contributed by atoms with van der Waals surface area (Å²) in [7, 11) is 0. The van der Waals surface area contributed by atoms with Crippen LogP contribution < -0.4 is 11.1 Å². The summed E-state index contributed by atoms with van der Waals surface area (Å²) in [6.07, 6.45) is 0. The predicted molar refractivity (Wildman–Crippen MR) is 79.1 cm³/mol. The fraction of sp³-hybridized carbons (Fsp3) is 0.500. The summed E-state index contributed by atoms with van der Waals surface area (Å²) in [6.45, 7) is 7.07. The Labute approximate surface area is 119 Å². The Kier molecular flexibility index (Phi) is 5.55. The standard InChI is InChI=1S/C14H21N5O/c1-14(2,3)11-6-4-10(5-7-11)12(13(15)20)17-8-9-18-19-16/h4-7,12,17H,8-9H2,1-3H3,(H2,15,20). The van der Waals surface area contributed by atoms with Crippen molar-refractivity contribution in [3.63, 3.8) is 0 Å². The van der Waals surface area contributed by atoms with Crippen LogP contribution >= 0.6 is 0 Å².